The SMILES string of the molecule is O=S1(=O)Cc2ccc(Br)cc2CN1. The lowest BCUT2D eigenvalue weighted by molar-refractivity contribution is 0.575. The molecule has 0 fully saturated rings. The molecule has 0 atom stereocenters. The number of fused-ring (bicyclic) bond motifs is 1. The van der Waals surface area contributed by atoms with Crippen molar-refractivity contribution in [3.8, 4) is 0 Å². The van der Waals surface area contributed by atoms with Gasteiger partial charge < -0.3 is 0 Å². The van der Waals surface area contributed by atoms with Crippen molar-refractivity contribution in [1.82, 2.24) is 4.72 Å². The standard InChI is InChI=1S/C8H8BrNO2S/c9-8-2-1-6-5-13(11,12)10-4-7(6)3-8/h1-3,10H,4-5H2. The summed E-state index contributed by atoms with van der Waals surface area (Å²) in [6.45, 7) is 0.400. The first-order chi connectivity index (χ1) is 6.07. The van der Waals surface area contributed by atoms with E-state index in [-0.39, 0.29) is 5.75 Å². The summed E-state index contributed by atoms with van der Waals surface area (Å²) in [5, 5.41) is 0. The van der Waals surface area contributed by atoms with Crippen LogP contribution in [0.15, 0.2) is 22.7 Å². The van der Waals surface area contributed by atoms with Crippen LogP contribution in [-0.4, -0.2) is 8.42 Å². The summed E-state index contributed by atoms with van der Waals surface area (Å²) in [5.74, 6) is 0.0929. The highest BCUT2D eigenvalue weighted by Gasteiger charge is 2.19. The molecule has 3 nitrogen and oxygen atoms in total. The molecule has 1 aliphatic heterocycles. The second-order valence-corrected chi connectivity index (χ2v) is 5.72. The van der Waals surface area contributed by atoms with E-state index < -0.39 is 10.0 Å². The predicted octanol–water partition coefficient (Wildman–Crippen LogP) is 1.38. The zero-order chi connectivity index (χ0) is 9.47. The third kappa shape index (κ3) is 1.92. The fraction of sp³-hybridized carbons (Fsp3) is 0.250. The summed E-state index contributed by atoms with van der Waals surface area (Å²) in [6.07, 6.45) is 0. The van der Waals surface area contributed by atoms with E-state index in [4.69, 9.17) is 0 Å². The third-order valence-corrected chi connectivity index (χ3v) is 3.76. The van der Waals surface area contributed by atoms with Crippen LogP contribution < -0.4 is 4.72 Å². The zero-order valence-corrected chi connectivity index (χ0v) is 9.15. The van der Waals surface area contributed by atoms with Crippen molar-refractivity contribution in [1.29, 1.82) is 0 Å². The summed E-state index contributed by atoms with van der Waals surface area (Å²) in [4.78, 5) is 0. The minimum atomic E-state index is -3.07. The number of sulfonamides is 1. The Kier molecular flexibility index (Phi) is 2.17. The van der Waals surface area contributed by atoms with Gasteiger partial charge in [0.15, 0.2) is 0 Å². The highest BCUT2D eigenvalue weighted by molar-refractivity contribution is 9.10. The first-order valence-corrected chi connectivity index (χ1v) is 6.26. The van der Waals surface area contributed by atoms with Crippen molar-refractivity contribution in [2.24, 2.45) is 0 Å². The van der Waals surface area contributed by atoms with Gasteiger partial charge in [-0.05, 0) is 23.3 Å². The van der Waals surface area contributed by atoms with Gasteiger partial charge in [0, 0.05) is 11.0 Å². The van der Waals surface area contributed by atoms with Gasteiger partial charge >= 0.3 is 0 Å². The maximum atomic E-state index is 11.2. The fourth-order valence-electron chi connectivity index (χ4n) is 1.34. The van der Waals surface area contributed by atoms with Gasteiger partial charge in [0.05, 0.1) is 5.75 Å². The molecule has 5 heteroatoms. The lowest BCUT2D eigenvalue weighted by atomic mass is 10.1. The lowest BCUT2D eigenvalue weighted by Gasteiger charge is -2.17. The molecule has 0 spiro atoms. The van der Waals surface area contributed by atoms with E-state index in [0.29, 0.717) is 6.54 Å². The van der Waals surface area contributed by atoms with Crippen molar-refractivity contribution in [3.63, 3.8) is 0 Å². The Morgan fingerprint density at radius 1 is 1.31 bits per heavy atom. The van der Waals surface area contributed by atoms with Crippen LogP contribution in [-0.2, 0) is 22.3 Å². The van der Waals surface area contributed by atoms with E-state index in [9.17, 15) is 8.42 Å². The first kappa shape index (κ1) is 9.18. The van der Waals surface area contributed by atoms with Gasteiger partial charge in [-0.2, -0.15) is 0 Å². The molecule has 13 heavy (non-hydrogen) atoms. The lowest BCUT2D eigenvalue weighted by Crippen LogP contribution is -2.30. The molecule has 0 amide bonds. The van der Waals surface area contributed by atoms with Gasteiger partial charge in [-0.3, -0.25) is 0 Å². The molecular formula is C8H8BrNO2S. The summed E-state index contributed by atoms with van der Waals surface area (Å²) in [6, 6.07) is 5.65. The molecule has 1 aromatic rings. The average molecular weight is 262 g/mol. The fourth-order valence-corrected chi connectivity index (χ4v) is 2.92. The maximum absolute atomic E-state index is 11.2. The molecule has 0 bridgehead atoms. The Labute approximate surface area is 85.3 Å². The minimum absolute atomic E-state index is 0.0929. The molecule has 0 saturated heterocycles. The van der Waals surface area contributed by atoms with Crippen molar-refractivity contribution in [2.75, 3.05) is 0 Å². The topological polar surface area (TPSA) is 46.2 Å². The second-order valence-electron chi connectivity index (χ2n) is 2.99. The number of hydrogen-bond donors (Lipinski definition) is 1. The normalized spacial score (nSPS) is 19.5. The maximum Gasteiger partial charge on any atom is 0.216 e. The molecule has 0 unspecified atom stereocenters. The molecule has 0 aliphatic carbocycles. The summed E-state index contributed by atoms with van der Waals surface area (Å²) < 4.78 is 25.8. The molecule has 1 N–H and O–H groups in total. The molecule has 70 valence electrons. The van der Waals surface area contributed by atoms with Gasteiger partial charge in [-0.1, -0.05) is 22.0 Å². The Morgan fingerprint density at radius 3 is 2.85 bits per heavy atom. The smallest absolute Gasteiger partial charge is 0.212 e. The van der Waals surface area contributed by atoms with Crippen LogP contribution in [0, 0.1) is 0 Å². The van der Waals surface area contributed by atoms with E-state index in [2.05, 4.69) is 20.7 Å². The van der Waals surface area contributed by atoms with Crippen molar-refractivity contribution in [2.45, 2.75) is 12.3 Å². The van der Waals surface area contributed by atoms with Crippen LogP contribution in [0.25, 0.3) is 0 Å². The highest BCUT2D eigenvalue weighted by atomic mass is 79.9. The van der Waals surface area contributed by atoms with Crippen molar-refractivity contribution < 1.29 is 8.42 Å². The number of benzene rings is 1. The van der Waals surface area contributed by atoms with Crippen LogP contribution in [0.2, 0.25) is 0 Å². The van der Waals surface area contributed by atoms with Crippen molar-refractivity contribution >= 4 is 26.0 Å². The molecule has 0 radical (unpaired) electrons. The van der Waals surface area contributed by atoms with Gasteiger partial charge in [0.2, 0.25) is 10.0 Å². The second kappa shape index (κ2) is 3.08. The molecular weight excluding hydrogens is 254 g/mol. The monoisotopic (exact) mass is 261 g/mol. The summed E-state index contributed by atoms with van der Waals surface area (Å²) in [5.41, 5.74) is 1.94. The van der Waals surface area contributed by atoms with Crippen LogP contribution >= 0.6 is 15.9 Å². The Bertz CT molecular complexity index is 441. The molecule has 2 rings (SSSR count). The first-order valence-electron chi connectivity index (χ1n) is 3.81. The largest absolute Gasteiger partial charge is 0.216 e. The van der Waals surface area contributed by atoms with Crippen LogP contribution in [0.3, 0.4) is 0 Å². The van der Waals surface area contributed by atoms with E-state index >= 15 is 0 Å². The Balaban J connectivity index is 2.48. The van der Waals surface area contributed by atoms with Crippen LogP contribution in [0.5, 0.6) is 0 Å². The number of nitrogens with one attached hydrogen (secondary N) is 1. The summed E-state index contributed by atoms with van der Waals surface area (Å²) >= 11 is 3.34. The van der Waals surface area contributed by atoms with E-state index in [1.807, 2.05) is 18.2 Å². The van der Waals surface area contributed by atoms with Gasteiger partial charge in [-0.25, -0.2) is 13.1 Å². The highest BCUT2D eigenvalue weighted by Crippen LogP contribution is 2.21. The molecule has 1 heterocycles. The number of hydrogen-bond acceptors (Lipinski definition) is 2. The quantitative estimate of drug-likeness (QED) is 0.767. The zero-order valence-electron chi connectivity index (χ0n) is 6.75. The van der Waals surface area contributed by atoms with E-state index in [1.54, 1.807) is 0 Å². The molecule has 0 aromatic heterocycles. The number of halogens is 1. The Hall–Kier alpha value is -0.390. The molecule has 1 aromatic carbocycles. The summed E-state index contributed by atoms with van der Waals surface area (Å²) in [7, 11) is -3.07. The number of rotatable bonds is 0. The van der Waals surface area contributed by atoms with Crippen molar-refractivity contribution in [3.05, 3.63) is 33.8 Å². The van der Waals surface area contributed by atoms with E-state index in [1.165, 1.54) is 0 Å². The molecule has 0 saturated carbocycles. The van der Waals surface area contributed by atoms with E-state index in [0.717, 1.165) is 15.6 Å². The van der Waals surface area contributed by atoms with Gasteiger partial charge in [0.1, 0.15) is 0 Å². The van der Waals surface area contributed by atoms with Crippen LogP contribution in [0.1, 0.15) is 11.1 Å². The van der Waals surface area contributed by atoms with Gasteiger partial charge in [0.25, 0.3) is 0 Å². The Morgan fingerprint density at radius 2 is 2.08 bits per heavy atom. The molecule has 1 aliphatic rings. The van der Waals surface area contributed by atoms with Gasteiger partial charge in [-0.15, -0.1) is 0 Å². The average Bonchev–Trinajstić information content (AvgIpc) is 2.05. The minimum Gasteiger partial charge on any atom is -0.212 e. The third-order valence-electron chi connectivity index (χ3n) is 2.00. The van der Waals surface area contributed by atoms with Crippen LogP contribution in [0.4, 0.5) is 0 Å². The predicted molar refractivity (Wildman–Crippen MR) is 53.6 cm³/mol.